The van der Waals surface area contributed by atoms with Gasteiger partial charge >= 0.3 is 5.97 Å². The van der Waals surface area contributed by atoms with Crippen molar-refractivity contribution < 1.29 is 14.1 Å². The zero-order chi connectivity index (χ0) is 9.97. The third kappa shape index (κ3) is 1.92. The van der Waals surface area contributed by atoms with Crippen LogP contribution < -0.4 is 4.57 Å². The number of rotatable bonds is 1. The Bertz CT molecular complexity index is 332. The molecule has 1 fully saturated rings. The summed E-state index contributed by atoms with van der Waals surface area (Å²) < 4.78 is 7.23. The van der Waals surface area contributed by atoms with Gasteiger partial charge in [0.15, 0.2) is 12.4 Å². The summed E-state index contributed by atoms with van der Waals surface area (Å²) in [6.07, 6.45) is 6.36. The lowest BCUT2D eigenvalue weighted by atomic mass is 10.0. The van der Waals surface area contributed by atoms with E-state index in [0.29, 0.717) is 6.42 Å². The highest BCUT2D eigenvalue weighted by Gasteiger charge is 2.22. The van der Waals surface area contributed by atoms with Crippen LogP contribution in [0.15, 0.2) is 24.5 Å². The second-order valence-corrected chi connectivity index (χ2v) is 3.67. The Morgan fingerprint density at radius 2 is 2.14 bits per heavy atom. The first-order valence-corrected chi connectivity index (χ1v) is 4.90. The maximum atomic E-state index is 11.1. The van der Waals surface area contributed by atoms with Gasteiger partial charge in [-0.05, 0) is 12.8 Å². The Balaban J connectivity index is 2.14. The molecule has 1 atom stereocenters. The highest BCUT2D eigenvalue weighted by molar-refractivity contribution is 5.70. The van der Waals surface area contributed by atoms with Gasteiger partial charge in [-0.2, -0.15) is 0 Å². The van der Waals surface area contributed by atoms with Crippen LogP contribution in [-0.2, 0) is 16.6 Å². The number of pyridine rings is 1. The molecular weight excluding hydrogens is 178 g/mol. The lowest BCUT2D eigenvalue weighted by Gasteiger charge is -2.21. The van der Waals surface area contributed by atoms with Gasteiger partial charge in [0.1, 0.15) is 13.2 Å². The van der Waals surface area contributed by atoms with E-state index in [4.69, 9.17) is 4.74 Å². The minimum absolute atomic E-state index is 0.0301. The minimum Gasteiger partial charge on any atom is -0.457 e. The van der Waals surface area contributed by atoms with Gasteiger partial charge in [0.25, 0.3) is 0 Å². The van der Waals surface area contributed by atoms with E-state index in [1.165, 1.54) is 0 Å². The maximum Gasteiger partial charge on any atom is 0.306 e. The molecule has 0 amide bonds. The van der Waals surface area contributed by atoms with Gasteiger partial charge in [0, 0.05) is 24.1 Å². The topological polar surface area (TPSA) is 30.2 Å². The standard InChI is InChI=1S/C11H14NO2/c1-12-7-5-9(6-8-12)10-3-2-4-11(13)14-10/h5-8,10H,2-4H2,1H3/q+1. The average Bonchev–Trinajstić information content (AvgIpc) is 2.19. The number of carbonyl (C=O) groups excluding carboxylic acids is 1. The molecule has 0 spiro atoms. The van der Waals surface area contributed by atoms with Crippen LogP contribution in [0.4, 0.5) is 0 Å². The number of nitrogens with zero attached hydrogens (tertiary/aromatic N) is 1. The van der Waals surface area contributed by atoms with Crippen molar-refractivity contribution in [1.29, 1.82) is 0 Å². The van der Waals surface area contributed by atoms with Crippen molar-refractivity contribution in [3.8, 4) is 0 Å². The molecule has 14 heavy (non-hydrogen) atoms. The van der Waals surface area contributed by atoms with Gasteiger partial charge in [-0.25, -0.2) is 4.57 Å². The molecule has 1 aromatic rings. The summed E-state index contributed by atoms with van der Waals surface area (Å²) in [5.41, 5.74) is 1.09. The third-order valence-electron chi connectivity index (χ3n) is 2.50. The fraction of sp³-hybridized carbons (Fsp3) is 0.455. The van der Waals surface area contributed by atoms with Crippen molar-refractivity contribution in [3.05, 3.63) is 30.1 Å². The van der Waals surface area contributed by atoms with Crippen LogP contribution in [0.25, 0.3) is 0 Å². The van der Waals surface area contributed by atoms with Gasteiger partial charge in [-0.1, -0.05) is 0 Å². The second kappa shape index (κ2) is 3.78. The van der Waals surface area contributed by atoms with Crippen molar-refractivity contribution in [2.75, 3.05) is 0 Å². The van der Waals surface area contributed by atoms with Crippen molar-refractivity contribution in [1.82, 2.24) is 0 Å². The Hall–Kier alpha value is -1.38. The van der Waals surface area contributed by atoms with Crippen LogP contribution in [0.1, 0.15) is 30.9 Å². The summed E-state index contributed by atoms with van der Waals surface area (Å²) in [4.78, 5) is 11.1. The Morgan fingerprint density at radius 3 is 2.79 bits per heavy atom. The summed E-state index contributed by atoms with van der Waals surface area (Å²) in [5.74, 6) is -0.0746. The molecular formula is C11H14NO2+. The molecule has 74 valence electrons. The van der Waals surface area contributed by atoms with Crippen LogP contribution in [0.2, 0.25) is 0 Å². The summed E-state index contributed by atoms with van der Waals surface area (Å²) in [6, 6.07) is 4.01. The second-order valence-electron chi connectivity index (χ2n) is 3.67. The van der Waals surface area contributed by atoms with E-state index in [1.807, 2.05) is 36.1 Å². The van der Waals surface area contributed by atoms with E-state index < -0.39 is 0 Å². The molecule has 1 aliphatic rings. The van der Waals surface area contributed by atoms with E-state index in [0.717, 1.165) is 18.4 Å². The van der Waals surface area contributed by atoms with Crippen LogP contribution in [0, 0.1) is 0 Å². The number of aryl methyl sites for hydroxylation is 1. The summed E-state index contributed by atoms with van der Waals surface area (Å²) in [5, 5.41) is 0. The number of hydrogen-bond acceptors (Lipinski definition) is 2. The van der Waals surface area contributed by atoms with Crippen molar-refractivity contribution in [3.63, 3.8) is 0 Å². The Kier molecular flexibility index (Phi) is 2.48. The van der Waals surface area contributed by atoms with E-state index in [1.54, 1.807) is 0 Å². The molecule has 0 N–H and O–H groups in total. The first-order valence-electron chi connectivity index (χ1n) is 4.90. The lowest BCUT2D eigenvalue weighted by Crippen LogP contribution is -2.27. The normalized spacial score (nSPS) is 21.8. The van der Waals surface area contributed by atoms with Crippen LogP contribution in [0.3, 0.4) is 0 Å². The quantitative estimate of drug-likeness (QED) is 0.495. The fourth-order valence-electron chi connectivity index (χ4n) is 1.67. The fourth-order valence-corrected chi connectivity index (χ4v) is 1.67. The van der Waals surface area contributed by atoms with Crippen molar-refractivity contribution in [2.24, 2.45) is 7.05 Å². The molecule has 0 saturated carbocycles. The molecule has 3 heteroatoms. The van der Waals surface area contributed by atoms with E-state index in [-0.39, 0.29) is 12.1 Å². The number of ether oxygens (including phenoxy) is 1. The molecule has 1 aliphatic heterocycles. The van der Waals surface area contributed by atoms with Crippen LogP contribution >= 0.6 is 0 Å². The predicted molar refractivity (Wildman–Crippen MR) is 50.3 cm³/mol. The zero-order valence-corrected chi connectivity index (χ0v) is 8.27. The number of carbonyl (C=O) groups is 1. The lowest BCUT2D eigenvalue weighted by molar-refractivity contribution is -0.671. The first kappa shape index (κ1) is 9.19. The molecule has 0 bridgehead atoms. The summed E-state index contributed by atoms with van der Waals surface area (Å²) in [7, 11) is 1.97. The zero-order valence-electron chi connectivity index (χ0n) is 8.27. The van der Waals surface area contributed by atoms with E-state index >= 15 is 0 Å². The first-order chi connectivity index (χ1) is 6.75. The number of cyclic esters (lactones) is 1. The maximum absolute atomic E-state index is 11.1. The Morgan fingerprint density at radius 1 is 1.43 bits per heavy atom. The Labute approximate surface area is 83.3 Å². The SMILES string of the molecule is C[n+]1ccc(C2CCCC(=O)O2)cc1. The monoisotopic (exact) mass is 192 g/mol. The smallest absolute Gasteiger partial charge is 0.306 e. The average molecular weight is 192 g/mol. The molecule has 0 aromatic carbocycles. The number of aromatic nitrogens is 1. The van der Waals surface area contributed by atoms with E-state index in [2.05, 4.69) is 0 Å². The molecule has 2 rings (SSSR count). The van der Waals surface area contributed by atoms with Gasteiger partial charge < -0.3 is 4.74 Å². The largest absolute Gasteiger partial charge is 0.457 e. The van der Waals surface area contributed by atoms with Crippen LogP contribution in [-0.4, -0.2) is 5.97 Å². The van der Waals surface area contributed by atoms with Gasteiger partial charge in [-0.3, -0.25) is 4.79 Å². The van der Waals surface area contributed by atoms with Gasteiger partial charge in [0.2, 0.25) is 0 Å². The summed E-state index contributed by atoms with van der Waals surface area (Å²) in [6.45, 7) is 0. The molecule has 0 aliphatic carbocycles. The number of hydrogen-bond donors (Lipinski definition) is 0. The van der Waals surface area contributed by atoms with Crippen molar-refractivity contribution in [2.45, 2.75) is 25.4 Å². The summed E-state index contributed by atoms with van der Waals surface area (Å²) >= 11 is 0. The van der Waals surface area contributed by atoms with Crippen LogP contribution in [0.5, 0.6) is 0 Å². The third-order valence-corrected chi connectivity index (χ3v) is 2.50. The molecule has 1 saturated heterocycles. The molecule has 1 unspecified atom stereocenters. The van der Waals surface area contributed by atoms with E-state index in [9.17, 15) is 4.79 Å². The molecule has 1 aromatic heterocycles. The molecule has 0 radical (unpaired) electrons. The highest BCUT2D eigenvalue weighted by atomic mass is 16.5. The highest BCUT2D eigenvalue weighted by Crippen LogP contribution is 2.27. The minimum atomic E-state index is -0.0746. The van der Waals surface area contributed by atoms with Crippen molar-refractivity contribution >= 4 is 5.97 Å². The molecule has 3 nitrogen and oxygen atoms in total. The number of esters is 1. The van der Waals surface area contributed by atoms with Gasteiger partial charge in [0.05, 0.1) is 0 Å². The predicted octanol–water partition coefficient (Wildman–Crippen LogP) is 1.28. The van der Waals surface area contributed by atoms with Gasteiger partial charge in [-0.15, -0.1) is 0 Å². The molecule has 2 heterocycles.